The smallest absolute Gasteiger partial charge is 0.253 e. The Morgan fingerprint density at radius 1 is 0.650 bits per heavy atom. The Labute approximate surface area is 117 Å². The molecule has 0 unspecified atom stereocenters. The number of anilines is 2. The summed E-state index contributed by atoms with van der Waals surface area (Å²) in [6.45, 7) is 0.426. The molecule has 1 saturated heterocycles. The molecule has 0 saturated carbocycles. The molecular formula is C16H14N2O2. The van der Waals surface area contributed by atoms with Crippen molar-refractivity contribution in [2.45, 2.75) is 0 Å². The van der Waals surface area contributed by atoms with Crippen LogP contribution in [0.5, 0.6) is 0 Å². The number of nitrogens with zero attached hydrogens (tertiary/aromatic N) is 2. The van der Waals surface area contributed by atoms with Gasteiger partial charge in [-0.05, 0) is 24.3 Å². The van der Waals surface area contributed by atoms with E-state index in [0.29, 0.717) is 5.69 Å². The number of benzene rings is 2. The zero-order chi connectivity index (χ0) is 13.9. The van der Waals surface area contributed by atoms with Crippen molar-refractivity contribution in [1.82, 2.24) is 0 Å². The van der Waals surface area contributed by atoms with Crippen molar-refractivity contribution in [3.63, 3.8) is 0 Å². The van der Waals surface area contributed by atoms with Gasteiger partial charge in [0, 0.05) is 5.69 Å². The molecule has 0 atom stereocenters. The highest BCUT2D eigenvalue weighted by Gasteiger charge is 2.32. The third kappa shape index (κ3) is 2.28. The van der Waals surface area contributed by atoms with Crippen LogP contribution in [0.2, 0.25) is 0 Å². The molecular weight excluding hydrogens is 252 g/mol. The second-order valence-electron chi connectivity index (χ2n) is 4.65. The van der Waals surface area contributed by atoms with Gasteiger partial charge in [0.2, 0.25) is 0 Å². The monoisotopic (exact) mass is 266 g/mol. The molecule has 1 heterocycles. The Morgan fingerprint density at radius 2 is 1.10 bits per heavy atom. The molecule has 20 heavy (non-hydrogen) atoms. The summed E-state index contributed by atoms with van der Waals surface area (Å²) in [6.07, 6.45) is 0. The van der Waals surface area contributed by atoms with E-state index in [-0.39, 0.29) is 24.9 Å². The van der Waals surface area contributed by atoms with Crippen LogP contribution in [0, 0.1) is 0 Å². The van der Waals surface area contributed by atoms with Crippen LogP contribution in [-0.4, -0.2) is 24.9 Å². The second kappa shape index (κ2) is 5.17. The minimum atomic E-state index is -0.198. The number of para-hydroxylation sites is 2. The van der Waals surface area contributed by atoms with E-state index >= 15 is 0 Å². The van der Waals surface area contributed by atoms with E-state index in [0.717, 1.165) is 5.69 Å². The number of carbonyl (C=O) groups excluding carboxylic acids is 2. The topological polar surface area (TPSA) is 40.6 Å². The molecule has 0 aromatic heterocycles. The molecule has 2 aromatic carbocycles. The second-order valence-corrected chi connectivity index (χ2v) is 4.65. The van der Waals surface area contributed by atoms with Gasteiger partial charge in [0.1, 0.15) is 0 Å². The van der Waals surface area contributed by atoms with E-state index in [9.17, 15) is 9.59 Å². The zero-order valence-corrected chi connectivity index (χ0v) is 10.9. The predicted octanol–water partition coefficient (Wildman–Crippen LogP) is 2.07. The number of amides is 2. The van der Waals surface area contributed by atoms with Crippen LogP contribution in [0.15, 0.2) is 60.7 Å². The number of carbonyl (C=O) groups is 2. The van der Waals surface area contributed by atoms with Gasteiger partial charge in [-0.1, -0.05) is 36.4 Å². The molecule has 4 nitrogen and oxygen atoms in total. The van der Waals surface area contributed by atoms with Gasteiger partial charge in [-0.25, -0.2) is 4.90 Å². The highest BCUT2D eigenvalue weighted by atomic mass is 16.2. The van der Waals surface area contributed by atoms with Crippen molar-refractivity contribution in [1.29, 1.82) is 0 Å². The predicted molar refractivity (Wildman–Crippen MR) is 77.6 cm³/mol. The van der Waals surface area contributed by atoms with Crippen LogP contribution in [0.4, 0.5) is 11.4 Å². The fourth-order valence-electron chi connectivity index (χ4n) is 2.35. The summed E-state index contributed by atoms with van der Waals surface area (Å²) in [4.78, 5) is 27.6. The van der Waals surface area contributed by atoms with Gasteiger partial charge in [-0.15, -0.1) is 0 Å². The third-order valence-corrected chi connectivity index (χ3v) is 3.29. The fourth-order valence-corrected chi connectivity index (χ4v) is 2.35. The number of piperazine rings is 1. The van der Waals surface area contributed by atoms with Crippen molar-refractivity contribution < 1.29 is 9.59 Å². The Hall–Kier alpha value is -2.62. The van der Waals surface area contributed by atoms with Gasteiger partial charge < -0.3 is 4.90 Å². The summed E-state index contributed by atoms with van der Waals surface area (Å²) in [6, 6.07) is 18.5. The number of imide groups is 1. The van der Waals surface area contributed by atoms with Crippen LogP contribution in [0.3, 0.4) is 0 Å². The Morgan fingerprint density at radius 3 is 1.60 bits per heavy atom. The lowest BCUT2D eigenvalue weighted by atomic mass is 10.2. The van der Waals surface area contributed by atoms with E-state index in [2.05, 4.69) is 0 Å². The van der Waals surface area contributed by atoms with Crippen LogP contribution >= 0.6 is 0 Å². The first kappa shape index (κ1) is 12.4. The molecule has 0 bridgehead atoms. The lowest BCUT2D eigenvalue weighted by Gasteiger charge is -2.33. The fraction of sp³-hybridized carbons (Fsp3) is 0.125. The summed E-state index contributed by atoms with van der Waals surface area (Å²) in [5.74, 6) is -0.396. The molecule has 2 amide bonds. The molecule has 100 valence electrons. The van der Waals surface area contributed by atoms with Gasteiger partial charge in [0.25, 0.3) is 11.8 Å². The molecule has 2 aromatic rings. The minimum absolute atomic E-state index is 0.198. The number of hydrogen-bond acceptors (Lipinski definition) is 3. The molecule has 3 rings (SSSR count). The molecule has 0 radical (unpaired) electrons. The van der Waals surface area contributed by atoms with E-state index in [4.69, 9.17) is 0 Å². The van der Waals surface area contributed by atoms with Crippen molar-refractivity contribution in [2.24, 2.45) is 0 Å². The van der Waals surface area contributed by atoms with Crippen molar-refractivity contribution >= 4 is 23.2 Å². The zero-order valence-electron chi connectivity index (χ0n) is 10.9. The maximum Gasteiger partial charge on any atom is 0.253 e. The number of rotatable bonds is 2. The molecule has 1 fully saturated rings. The third-order valence-electron chi connectivity index (χ3n) is 3.29. The van der Waals surface area contributed by atoms with Crippen molar-refractivity contribution in [2.75, 3.05) is 22.9 Å². The summed E-state index contributed by atoms with van der Waals surface area (Å²) in [5.41, 5.74) is 1.53. The van der Waals surface area contributed by atoms with E-state index < -0.39 is 0 Å². The average Bonchev–Trinajstić information content (AvgIpc) is 2.48. The summed E-state index contributed by atoms with van der Waals surface area (Å²) in [7, 11) is 0. The van der Waals surface area contributed by atoms with Gasteiger partial charge >= 0.3 is 0 Å². The molecule has 0 aliphatic carbocycles. The molecule has 0 N–H and O–H groups in total. The quantitative estimate of drug-likeness (QED) is 0.781. The summed E-state index contributed by atoms with van der Waals surface area (Å²) in [5, 5.41) is 0. The van der Waals surface area contributed by atoms with Crippen molar-refractivity contribution in [3.05, 3.63) is 60.7 Å². The van der Waals surface area contributed by atoms with E-state index in [1.165, 1.54) is 4.90 Å². The lowest BCUT2D eigenvalue weighted by molar-refractivity contribution is -0.126. The first-order chi connectivity index (χ1) is 9.75. The molecule has 1 aliphatic rings. The highest BCUT2D eigenvalue weighted by Crippen LogP contribution is 2.21. The minimum Gasteiger partial charge on any atom is -0.353 e. The highest BCUT2D eigenvalue weighted by molar-refractivity contribution is 6.19. The van der Waals surface area contributed by atoms with Crippen LogP contribution in [0.25, 0.3) is 0 Å². The standard InChI is InChI=1S/C16H14N2O2/c19-15-11-17(13-7-3-1-4-8-13)12-16(20)18(15)14-9-5-2-6-10-14/h1-10H,11-12H2. The van der Waals surface area contributed by atoms with E-state index in [1.807, 2.05) is 48.5 Å². The van der Waals surface area contributed by atoms with E-state index in [1.54, 1.807) is 17.0 Å². The summed E-state index contributed by atoms with van der Waals surface area (Å²) < 4.78 is 0. The van der Waals surface area contributed by atoms with Gasteiger partial charge in [0.15, 0.2) is 0 Å². The Balaban J connectivity index is 1.84. The normalized spacial score (nSPS) is 15.6. The van der Waals surface area contributed by atoms with Gasteiger partial charge in [-0.2, -0.15) is 0 Å². The van der Waals surface area contributed by atoms with Gasteiger partial charge in [0.05, 0.1) is 18.8 Å². The molecule has 1 aliphatic heterocycles. The largest absolute Gasteiger partial charge is 0.353 e. The SMILES string of the molecule is O=C1CN(c2ccccc2)CC(=O)N1c1ccccc1. The average molecular weight is 266 g/mol. The van der Waals surface area contributed by atoms with Crippen molar-refractivity contribution in [3.8, 4) is 0 Å². The maximum absolute atomic E-state index is 12.3. The van der Waals surface area contributed by atoms with Crippen LogP contribution in [-0.2, 0) is 9.59 Å². The first-order valence-electron chi connectivity index (χ1n) is 6.46. The Bertz CT molecular complexity index is 607. The number of hydrogen-bond donors (Lipinski definition) is 0. The first-order valence-corrected chi connectivity index (χ1v) is 6.46. The van der Waals surface area contributed by atoms with Crippen LogP contribution < -0.4 is 9.80 Å². The summed E-state index contributed by atoms with van der Waals surface area (Å²) >= 11 is 0. The maximum atomic E-state index is 12.3. The van der Waals surface area contributed by atoms with Crippen LogP contribution in [0.1, 0.15) is 0 Å². The lowest BCUT2D eigenvalue weighted by Crippen LogP contribution is -2.54. The Kier molecular flexibility index (Phi) is 3.21. The van der Waals surface area contributed by atoms with Gasteiger partial charge in [-0.3, -0.25) is 9.59 Å². The molecule has 4 heteroatoms. The molecule has 0 spiro atoms.